The second-order valence-electron chi connectivity index (χ2n) is 6.37. The van der Waals surface area contributed by atoms with Gasteiger partial charge in [-0.3, -0.25) is 9.36 Å². The van der Waals surface area contributed by atoms with Crippen molar-refractivity contribution in [2.75, 3.05) is 7.11 Å². The van der Waals surface area contributed by atoms with E-state index in [0.717, 1.165) is 20.9 Å². The Bertz CT molecular complexity index is 1000. The summed E-state index contributed by atoms with van der Waals surface area (Å²) in [5.41, 5.74) is -0.714. The van der Waals surface area contributed by atoms with E-state index >= 15 is 0 Å². The molecule has 0 saturated heterocycles. The summed E-state index contributed by atoms with van der Waals surface area (Å²) in [7, 11) is 0.0498. The molecule has 1 N–H and O–H groups in total. The van der Waals surface area contributed by atoms with Gasteiger partial charge < -0.3 is 9.30 Å². The van der Waals surface area contributed by atoms with Crippen molar-refractivity contribution in [1.29, 1.82) is 0 Å². The van der Waals surface area contributed by atoms with Gasteiger partial charge in [-0.1, -0.05) is 26.0 Å². The molecule has 0 bridgehead atoms. The minimum atomic E-state index is -4.14. The summed E-state index contributed by atoms with van der Waals surface area (Å²) in [6, 6.07) is 6.47. The van der Waals surface area contributed by atoms with E-state index in [1.807, 2.05) is 13.8 Å². The van der Waals surface area contributed by atoms with E-state index in [4.69, 9.17) is 4.74 Å². The Morgan fingerprint density at radius 1 is 1.08 bits per heavy atom. The molecule has 0 aliphatic heterocycles. The molecule has 1 heterocycles. The number of aromatic nitrogens is 2. The predicted octanol–water partition coefficient (Wildman–Crippen LogP) is 0.768. The van der Waals surface area contributed by atoms with Gasteiger partial charge >= 0.3 is 5.69 Å². The Kier molecular flexibility index (Phi) is 5.72. The molecule has 0 fully saturated rings. The first-order valence-electron chi connectivity index (χ1n) is 8.01. The van der Waals surface area contributed by atoms with Gasteiger partial charge in [0.15, 0.2) is 4.90 Å². The first kappa shape index (κ1) is 19.9. The van der Waals surface area contributed by atoms with Gasteiger partial charge in [-0.05, 0) is 23.6 Å². The highest BCUT2D eigenvalue weighted by atomic mass is 32.2. The van der Waals surface area contributed by atoms with Gasteiger partial charge in [0, 0.05) is 26.3 Å². The lowest BCUT2D eigenvalue weighted by molar-refractivity contribution is 0.413. The largest absolute Gasteiger partial charge is 0.497 e. The molecule has 1 aromatic carbocycles. The number of nitrogens with zero attached hydrogens (tertiary/aromatic N) is 2. The van der Waals surface area contributed by atoms with Crippen LogP contribution >= 0.6 is 0 Å². The van der Waals surface area contributed by atoms with Gasteiger partial charge in [0.05, 0.1) is 7.11 Å². The summed E-state index contributed by atoms with van der Waals surface area (Å²) >= 11 is 0. The van der Waals surface area contributed by atoms with Crippen molar-refractivity contribution >= 4 is 10.0 Å². The maximum Gasteiger partial charge on any atom is 0.330 e. The normalized spacial score (nSPS) is 13.0. The SMILES string of the molecule is COc1ccc(C(NS(=O)(=O)c2cn(C)c(=O)n(C)c2=O)C(C)C)cc1. The Morgan fingerprint density at radius 3 is 2.15 bits per heavy atom. The molecular weight excluding hydrogens is 358 g/mol. The molecule has 0 aliphatic carbocycles. The minimum Gasteiger partial charge on any atom is -0.497 e. The van der Waals surface area contributed by atoms with Crippen LogP contribution in [0.2, 0.25) is 0 Å². The Morgan fingerprint density at radius 2 is 1.65 bits per heavy atom. The zero-order valence-corrected chi connectivity index (χ0v) is 16.2. The van der Waals surface area contributed by atoms with Crippen LogP contribution in [-0.2, 0) is 24.1 Å². The fraction of sp³-hybridized carbons (Fsp3) is 0.412. The number of nitrogens with one attached hydrogen (secondary N) is 1. The standard InChI is InChI=1S/C17H23N3O5S/c1-11(2)15(12-6-8-13(25-5)9-7-12)18-26(23,24)14-10-19(3)17(22)20(4)16(14)21/h6-11,15,18H,1-5H3. The number of benzene rings is 1. The lowest BCUT2D eigenvalue weighted by Gasteiger charge is -2.23. The number of ether oxygens (including phenoxy) is 1. The number of aryl methyl sites for hydroxylation is 1. The fourth-order valence-corrected chi connectivity index (χ4v) is 4.12. The van der Waals surface area contributed by atoms with Gasteiger partial charge in [0.25, 0.3) is 5.56 Å². The van der Waals surface area contributed by atoms with E-state index in [9.17, 15) is 18.0 Å². The molecule has 0 saturated carbocycles. The van der Waals surface area contributed by atoms with Crippen molar-refractivity contribution in [2.45, 2.75) is 24.8 Å². The molecule has 0 amide bonds. The lowest BCUT2D eigenvalue weighted by atomic mass is 9.97. The molecular formula is C17H23N3O5S. The van der Waals surface area contributed by atoms with Crippen molar-refractivity contribution in [3.8, 4) is 5.75 Å². The number of hydrogen-bond donors (Lipinski definition) is 1. The van der Waals surface area contributed by atoms with Crippen LogP contribution in [0.15, 0.2) is 44.9 Å². The van der Waals surface area contributed by atoms with E-state index in [-0.39, 0.29) is 5.92 Å². The second-order valence-corrected chi connectivity index (χ2v) is 8.05. The number of sulfonamides is 1. The average Bonchev–Trinajstić information content (AvgIpc) is 2.60. The molecule has 0 aliphatic rings. The Balaban J connectivity index is 2.48. The summed E-state index contributed by atoms with van der Waals surface area (Å²) in [6.45, 7) is 3.74. The molecule has 1 unspecified atom stereocenters. The third-order valence-electron chi connectivity index (χ3n) is 4.13. The summed E-state index contributed by atoms with van der Waals surface area (Å²) < 4.78 is 35.2. The number of hydrogen-bond acceptors (Lipinski definition) is 5. The van der Waals surface area contributed by atoms with Crippen molar-refractivity contribution in [1.82, 2.24) is 13.9 Å². The van der Waals surface area contributed by atoms with E-state index < -0.39 is 32.2 Å². The van der Waals surface area contributed by atoms with Crippen molar-refractivity contribution in [3.05, 3.63) is 56.9 Å². The highest BCUT2D eigenvalue weighted by Crippen LogP contribution is 2.25. The molecule has 0 radical (unpaired) electrons. The topological polar surface area (TPSA) is 99.4 Å². The van der Waals surface area contributed by atoms with E-state index in [0.29, 0.717) is 5.75 Å². The highest BCUT2D eigenvalue weighted by molar-refractivity contribution is 7.89. The van der Waals surface area contributed by atoms with E-state index in [1.54, 1.807) is 31.4 Å². The minimum absolute atomic E-state index is 0.0745. The number of rotatable bonds is 6. The van der Waals surface area contributed by atoms with Crippen LogP contribution in [0.3, 0.4) is 0 Å². The highest BCUT2D eigenvalue weighted by Gasteiger charge is 2.27. The zero-order chi connectivity index (χ0) is 19.6. The second kappa shape index (κ2) is 7.46. The van der Waals surface area contributed by atoms with Crippen molar-refractivity contribution in [2.24, 2.45) is 20.0 Å². The number of methoxy groups -OCH3 is 1. The van der Waals surface area contributed by atoms with Crippen LogP contribution in [0.1, 0.15) is 25.5 Å². The first-order valence-corrected chi connectivity index (χ1v) is 9.49. The van der Waals surface area contributed by atoms with Crippen LogP contribution in [0.5, 0.6) is 5.75 Å². The smallest absolute Gasteiger partial charge is 0.330 e. The first-order chi connectivity index (χ1) is 12.1. The maximum atomic E-state index is 12.8. The van der Waals surface area contributed by atoms with Gasteiger partial charge in [0.1, 0.15) is 5.75 Å². The van der Waals surface area contributed by atoms with Gasteiger partial charge in [-0.25, -0.2) is 17.9 Å². The molecule has 26 heavy (non-hydrogen) atoms. The summed E-state index contributed by atoms with van der Waals surface area (Å²) in [5.74, 6) is 0.584. The maximum absolute atomic E-state index is 12.8. The molecule has 142 valence electrons. The zero-order valence-electron chi connectivity index (χ0n) is 15.4. The van der Waals surface area contributed by atoms with Crippen LogP contribution in [0, 0.1) is 5.92 Å². The van der Waals surface area contributed by atoms with Crippen LogP contribution in [0.25, 0.3) is 0 Å². The quantitative estimate of drug-likeness (QED) is 0.797. The molecule has 2 rings (SSSR count). The fourth-order valence-electron chi connectivity index (χ4n) is 2.59. The predicted molar refractivity (Wildman–Crippen MR) is 97.8 cm³/mol. The van der Waals surface area contributed by atoms with Crippen molar-refractivity contribution in [3.63, 3.8) is 0 Å². The molecule has 2 aromatic rings. The van der Waals surface area contributed by atoms with Crippen LogP contribution in [0.4, 0.5) is 0 Å². The molecule has 0 spiro atoms. The third kappa shape index (κ3) is 3.88. The van der Waals surface area contributed by atoms with Gasteiger partial charge in [0.2, 0.25) is 10.0 Å². The summed E-state index contributed by atoms with van der Waals surface area (Å²) in [4.78, 5) is 23.6. The molecule has 9 heteroatoms. The average molecular weight is 381 g/mol. The van der Waals surface area contributed by atoms with Crippen molar-refractivity contribution < 1.29 is 13.2 Å². The lowest BCUT2D eigenvalue weighted by Crippen LogP contribution is -2.42. The third-order valence-corrected chi connectivity index (χ3v) is 5.55. The molecule has 1 aromatic heterocycles. The van der Waals surface area contributed by atoms with Crippen LogP contribution < -0.4 is 20.7 Å². The van der Waals surface area contributed by atoms with Gasteiger partial charge in [-0.15, -0.1) is 0 Å². The van der Waals surface area contributed by atoms with E-state index in [1.165, 1.54) is 14.1 Å². The molecule has 8 nitrogen and oxygen atoms in total. The molecule has 1 atom stereocenters. The monoisotopic (exact) mass is 381 g/mol. The summed E-state index contributed by atoms with van der Waals surface area (Å²) in [6.07, 6.45) is 1.04. The summed E-state index contributed by atoms with van der Waals surface area (Å²) in [5, 5.41) is 0. The van der Waals surface area contributed by atoms with Crippen LogP contribution in [-0.4, -0.2) is 24.7 Å². The van der Waals surface area contributed by atoms with Gasteiger partial charge in [-0.2, -0.15) is 0 Å². The Labute approximate surface area is 152 Å². The van der Waals surface area contributed by atoms with E-state index in [2.05, 4.69) is 4.72 Å². The Hall–Kier alpha value is -2.39.